The number of rotatable bonds is 2. The molecule has 4 heteroatoms. The standard InChI is InChI=1S/C9H15NO3/c1-2-12-9(11)10-6-3-4-7-8(5-6)13-7/h6-8H,2-5H2,1H3,(H,10,11). The van der Waals surface area contributed by atoms with Crippen LogP contribution in [-0.2, 0) is 9.47 Å². The van der Waals surface area contributed by atoms with Crippen LogP contribution in [-0.4, -0.2) is 30.9 Å². The van der Waals surface area contributed by atoms with E-state index in [1.165, 1.54) is 0 Å². The largest absolute Gasteiger partial charge is 0.450 e. The molecule has 3 unspecified atom stereocenters. The molecule has 3 atom stereocenters. The molecule has 13 heavy (non-hydrogen) atoms. The molecule has 2 aliphatic rings. The molecule has 0 bridgehead atoms. The average molecular weight is 185 g/mol. The fourth-order valence-electron chi connectivity index (χ4n) is 1.87. The predicted molar refractivity (Wildman–Crippen MR) is 46.5 cm³/mol. The summed E-state index contributed by atoms with van der Waals surface area (Å²) in [4.78, 5) is 11.1. The highest BCUT2D eigenvalue weighted by atomic mass is 16.6. The molecule has 2 rings (SSSR count). The first-order valence-corrected chi connectivity index (χ1v) is 4.88. The number of hydrogen-bond acceptors (Lipinski definition) is 3. The summed E-state index contributed by atoms with van der Waals surface area (Å²) < 4.78 is 10.2. The topological polar surface area (TPSA) is 50.9 Å². The van der Waals surface area contributed by atoms with Crippen molar-refractivity contribution in [2.24, 2.45) is 0 Å². The lowest BCUT2D eigenvalue weighted by molar-refractivity contribution is 0.146. The van der Waals surface area contributed by atoms with Gasteiger partial charge < -0.3 is 14.8 Å². The highest BCUT2D eigenvalue weighted by Crippen LogP contribution is 2.36. The van der Waals surface area contributed by atoms with Gasteiger partial charge in [0, 0.05) is 6.04 Å². The summed E-state index contributed by atoms with van der Waals surface area (Å²) in [5.41, 5.74) is 0. The maximum absolute atomic E-state index is 11.1. The Balaban J connectivity index is 1.71. The van der Waals surface area contributed by atoms with Crippen LogP contribution in [0.2, 0.25) is 0 Å². The maximum atomic E-state index is 11.1. The quantitative estimate of drug-likeness (QED) is 0.654. The third-order valence-electron chi connectivity index (χ3n) is 2.60. The zero-order valence-corrected chi connectivity index (χ0v) is 7.79. The average Bonchev–Trinajstić information content (AvgIpc) is 2.82. The smallest absolute Gasteiger partial charge is 0.407 e. The van der Waals surface area contributed by atoms with E-state index in [0.717, 1.165) is 19.3 Å². The lowest BCUT2D eigenvalue weighted by Crippen LogP contribution is -2.38. The van der Waals surface area contributed by atoms with Crippen LogP contribution in [0, 0.1) is 0 Å². The van der Waals surface area contributed by atoms with E-state index in [4.69, 9.17) is 9.47 Å². The van der Waals surface area contributed by atoms with Crippen molar-refractivity contribution < 1.29 is 14.3 Å². The molecule has 1 amide bonds. The van der Waals surface area contributed by atoms with E-state index in [2.05, 4.69) is 5.32 Å². The second-order valence-electron chi connectivity index (χ2n) is 3.59. The number of alkyl carbamates (subject to hydrolysis) is 1. The molecule has 2 fully saturated rings. The molecule has 4 nitrogen and oxygen atoms in total. The van der Waals surface area contributed by atoms with Gasteiger partial charge in [-0.15, -0.1) is 0 Å². The van der Waals surface area contributed by atoms with Gasteiger partial charge in [-0.05, 0) is 26.2 Å². The summed E-state index contributed by atoms with van der Waals surface area (Å²) >= 11 is 0. The summed E-state index contributed by atoms with van der Waals surface area (Å²) in [6, 6.07) is 0.253. The molecule has 0 aromatic heterocycles. The van der Waals surface area contributed by atoms with Gasteiger partial charge in [-0.1, -0.05) is 0 Å². The Morgan fingerprint density at radius 3 is 3.08 bits per heavy atom. The Morgan fingerprint density at radius 2 is 2.38 bits per heavy atom. The molecule has 0 aromatic carbocycles. The minimum absolute atomic E-state index is 0.253. The Morgan fingerprint density at radius 1 is 1.54 bits per heavy atom. The molecule has 1 aliphatic carbocycles. The number of ether oxygens (including phenoxy) is 2. The molecule has 1 aliphatic heterocycles. The molecule has 1 saturated carbocycles. The van der Waals surface area contributed by atoms with Crippen LogP contribution in [0.5, 0.6) is 0 Å². The highest BCUT2D eigenvalue weighted by molar-refractivity contribution is 5.67. The van der Waals surface area contributed by atoms with Gasteiger partial charge in [-0.2, -0.15) is 0 Å². The maximum Gasteiger partial charge on any atom is 0.407 e. The van der Waals surface area contributed by atoms with E-state index in [-0.39, 0.29) is 12.1 Å². The van der Waals surface area contributed by atoms with Gasteiger partial charge in [0.1, 0.15) is 0 Å². The Bertz CT molecular complexity index is 207. The fraction of sp³-hybridized carbons (Fsp3) is 0.889. The van der Waals surface area contributed by atoms with Crippen LogP contribution in [0.1, 0.15) is 26.2 Å². The molecule has 74 valence electrons. The zero-order chi connectivity index (χ0) is 9.26. The number of fused-ring (bicyclic) bond motifs is 1. The van der Waals surface area contributed by atoms with Gasteiger partial charge in [0.15, 0.2) is 0 Å². The van der Waals surface area contributed by atoms with Crippen LogP contribution < -0.4 is 5.32 Å². The minimum atomic E-state index is -0.299. The molecule has 1 saturated heterocycles. The first kappa shape index (κ1) is 8.81. The minimum Gasteiger partial charge on any atom is -0.450 e. The summed E-state index contributed by atoms with van der Waals surface area (Å²) in [6.07, 6.45) is 3.62. The Hall–Kier alpha value is -0.770. The normalized spacial score (nSPS) is 36.2. The Kier molecular flexibility index (Phi) is 2.40. The van der Waals surface area contributed by atoms with Crippen LogP contribution in [0.4, 0.5) is 4.79 Å². The Labute approximate surface area is 77.6 Å². The number of amides is 1. The predicted octanol–water partition coefficient (Wildman–Crippen LogP) is 1.05. The number of carbonyl (C=O) groups is 1. The van der Waals surface area contributed by atoms with Gasteiger partial charge in [0.05, 0.1) is 18.8 Å². The van der Waals surface area contributed by atoms with E-state index in [9.17, 15) is 4.79 Å². The van der Waals surface area contributed by atoms with Crippen molar-refractivity contribution in [3.63, 3.8) is 0 Å². The van der Waals surface area contributed by atoms with Gasteiger partial charge in [-0.3, -0.25) is 0 Å². The molecule has 1 N–H and O–H groups in total. The van der Waals surface area contributed by atoms with Crippen LogP contribution in [0.25, 0.3) is 0 Å². The molecule has 0 aromatic rings. The van der Waals surface area contributed by atoms with Crippen molar-refractivity contribution in [1.82, 2.24) is 5.32 Å². The third kappa shape index (κ3) is 2.12. The second kappa shape index (κ2) is 3.54. The van der Waals surface area contributed by atoms with E-state index in [1.54, 1.807) is 6.92 Å². The van der Waals surface area contributed by atoms with Crippen LogP contribution in [0.3, 0.4) is 0 Å². The van der Waals surface area contributed by atoms with E-state index >= 15 is 0 Å². The summed E-state index contributed by atoms with van der Waals surface area (Å²) in [5.74, 6) is 0. The second-order valence-corrected chi connectivity index (χ2v) is 3.59. The lowest BCUT2D eigenvalue weighted by atomic mass is 9.96. The van der Waals surface area contributed by atoms with Crippen molar-refractivity contribution in [2.75, 3.05) is 6.61 Å². The molecule has 0 spiro atoms. The number of hydrogen-bond donors (Lipinski definition) is 1. The number of carbonyl (C=O) groups excluding carboxylic acids is 1. The van der Waals surface area contributed by atoms with E-state index in [1.807, 2.05) is 0 Å². The van der Waals surface area contributed by atoms with Gasteiger partial charge in [0.25, 0.3) is 0 Å². The first-order chi connectivity index (χ1) is 6.29. The summed E-state index contributed by atoms with van der Waals surface area (Å²) in [5, 5.41) is 2.84. The van der Waals surface area contributed by atoms with Crippen LogP contribution in [0.15, 0.2) is 0 Å². The van der Waals surface area contributed by atoms with E-state index in [0.29, 0.717) is 18.8 Å². The molecular weight excluding hydrogens is 170 g/mol. The van der Waals surface area contributed by atoms with Crippen molar-refractivity contribution in [1.29, 1.82) is 0 Å². The third-order valence-corrected chi connectivity index (χ3v) is 2.60. The molecule has 1 heterocycles. The summed E-state index contributed by atoms with van der Waals surface area (Å²) in [7, 11) is 0. The number of epoxide rings is 1. The van der Waals surface area contributed by atoms with Crippen molar-refractivity contribution >= 4 is 6.09 Å². The first-order valence-electron chi connectivity index (χ1n) is 4.88. The zero-order valence-electron chi connectivity index (χ0n) is 7.79. The van der Waals surface area contributed by atoms with Gasteiger partial charge in [-0.25, -0.2) is 4.79 Å². The molecule has 0 radical (unpaired) electrons. The lowest BCUT2D eigenvalue weighted by Gasteiger charge is -2.19. The highest BCUT2D eigenvalue weighted by Gasteiger charge is 2.44. The number of nitrogens with one attached hydrogen (secondary N) is 1. The van der Waals surface area contributed by atoms with Crippen molar-refractivity contribution in [3.8, 4) is 0 Å². The van der Waals surface area contributed by atoms with E-state index < -0.39 is 0 Å². The fourth-order valence-corrected chi connectivity index (χ4v) is 1.87. The SMILES string of the molecule is CCOC(=O)NC1CCC2OC2C1. The van der Waals surface area contributed by atoms with Gasteiger partial charge in [0.2, 0.25) is 0 Å². The monoisotopic (exact) mass is 185 g/mol. The van der Waals surface area contributed by atoms with Crippen molar-refractivity contribution in [3.05, 3.63) is 0 Å². The summed E-state index contributed by atoms with van der Waals surface area (Å²) in [6.45, 7) is 2.24. The van der Waals surface area contributed by atoms with Gasteiger partial charge >= 0.3 is 6.09 Å². The molecular formula is C9H15NO3. The van der Waals surface area contributed by atoms with Crippen LogP contribution >= 0.6 is 0 Å². The van der Waals surface area contributed by atoms with Crippen molar-refractivity contribution in [2.45, 2.75) is 44.4 Å².